The standard InChI is InChI=1S/C12H15FN4/c1-2-10(12-15-6-7-16-12)17-11-8(13)4-3-5-9(11)14/h3-7,10,17H,2,14H2,1H3,(H,15,16). The van der Waals surface area contributed by atoms with E-state index in [0.717, 1.165) is 12.2 Å². The fourth-order valence-electron chi connectivity index (χ4n) is 1.70. The predicted molar refractivity (Wildman–Crippen MR) is 66.1 cm³/mol. The number of hydrogen-bond donors (Lipinski definition) is 3. The van der Waals surface area contributed by atoms with E-state index in [2.05, 4.69) is 15.3 Å². The monoisotopic (exact) mass is 234 g/mol. The summed E-state index contributed by atoms with van der Waals surface area (Å²) in [4.78, 5) is 7.17. The lowest BCUT2D eigenvalue weighted by Gasteiger charge is -2.18. The molecule has 0 saturated heterocycles. The van der Waals surface area contributed by atoms with Crippen molar-refractivity contribution in [1.82, 2.24) is 9.97 Å². The van der Waals surface area contributed by atoms with Crippen molar-refractivity contribution in [3.05, 3.63) is 42.2 Å². The second-order valence-corrected chi connectivity index (χ2v) is 3.78. The topological polar surface area (TPSA) is 66.7 Å². The van der Waals surface area contributed by atoms with Crippen LogP contribution in [0.2, 0.25) is 0 Å². The van der Waals surface area contributed by atoms with Crippen molar-refractivity contribution in [3.63, 3.8) is 0 Å². The minimum atomic E-state index is -0.352. The zero-order chi connectivity index (χ0) is 12.3. The largest absolute Gasteiger partial charge is 0.397 e. The summed E-state index contributed by atoms with van der Waals surface area (Å²) in [5.74, 6) is 0.421. The van der Waals surface area contributed by atoms with Crippen LogP contribution in [0, 0.1) is 5.82 Å². The van der Waals surface area contributed by atoms with Gasteiger partial charge in [0, 0.05) is 12.4 Å². The van der Waals surface area contributed by atoms with Crippen LogP contribution in [0.25, 0.3) is 0 Å². The molecule has 1 heterocycles. The summed E-state index contributed by atoms with van der Waals surface area (Å²) in [7, 11) is 0. The molecule has 17 heavy (non-hydrogen) atoms. The van der Waals surface area contributed by atoms with Crippen LogP contribution < -0.4 is 11.1 Å². The van der Waals surface area contributed by atoms with E-state index in [4.69, 9.17) is 5.73 Å². The number of nitrogen functional groups attached to an aromatic ring is 1. The average Bonchev–Trinajstić information content (AvgIpc) is 2.82. The highest BCUT2D eigenvalue weighted by molar-refractivity contribution is 5.67. The van der Waals surface area contributed by atoms with E-state index in [9.17, 15) is 4.39 Å². The van der Waals surface area contributed by atoms with E-state index in [1.165, 1.54) is 6.07 Å². The maximum atomic E-state index is 13.6. The van der Waals surface area contributed by atoms with Crippen molar-refractivity contribution in [3.8, 4) is 0 Å². The van der Waals surface area contributed by atoms with Crippen molar-refractivity contribution >= 4 is 11.4 Å². The number of para-hydroxylation sites is 1. The summed E-state index contributed by atoms with van der Waals surface area (Å²) in [6, 6.07) is 4.56. The molecule has 0 fully saturated rings. The van der Waals surface area contributed by atoms with E-state index in [1.54, 1.807) is 24.5 Å². The third kappa shape index (κ3) is 2.38. The van der Waals surface area contributed by atoms with Crippen molar-refractivity contribution < 1.29 is 4.39 Å². The Labute approximate surface area is 99.1 Å². The highest BCUT2D eigenvalue weighted by Crippen LogP contribution is 2.27. The summed E-state index contributed by atoms with van der Waals surface area (Å²) in [5.41, 5.74) is 6.47. The van der Waals surface area contributed by atoms with Crippen LogP contribution in [0.15, 0.2) is 30.6 Å². The third-order valence-corrected chi connectivity index (χ3v) is 2.62. The molecule has 0 radical (unpaired) electrons. The van der Waals surface area contributed by atoms with Gasteiger partial charge < -0.3 is 16.0 Å². The summed E-state index contributed by atoms with van der Waals surface area (Å²) < 4.78 is 13.6. The Morgan fingerprint density at radius 3 is 2.94 bits per heavy atom. The maximum Gasteiger partial charge on any atom is 0.148 e. The van der Waals surface area contributed by atoms with Crippen molar-refractivity contribution in [2.75, 3.05) is 11.1 Å². The summed E-state index contributed by atoms with van der Waals surface area (Å²) >= 11 is 0. The molecule has 1 aromatic carbocycles. The Bertz CT molecular complexity index is 461. The SMILES string of the molecule is CCC(Nc1c(N)cccc1F)c1ncc[nH]1. The van der Waals surface area contributed by atoms with Gasteiger partial charge in [0.1, 0.15) is 11.6 Å². The van der Waals surface area contributed by atoms with Gasteiger partial charge in [-0.25, -0.2) is 9.37 Å². The number of anilines is 2. The number of hydrogen-bond acceptors (Lipinski definition) is 3. The number of benzene rings is 1. The number of nitrogens with two attached hydrogens (primary N) is 1. The van der Waals surface area contributed by atoms with Crippen LogP contribution in [-0.4, -0.2) is 9.97 Å². The molecule has 0 aliphatic rings. The average molecular weight is 234 g/mol. The van der Waals surface area contributed by atoms with Gasteiger partial charge in [0.05, 0.1) is 17.4 Å². The number of nitrogens with zero attached hydrogens (tertiary/aromatic N) is 1. The van der Waals surface area contributed by atoms with Crippen LogP contribution in [0.1, 0.15) is 25.2 Å². The second-order valence-electron chi connectivity index (χ2n) is 3.78. The molecule has 4 N–H and O–H groups in total. The highest BCUT2D eigenvalue weighted by atomic mass is 19.1. The zero-order valence-electron chi connectivity index (χ0n) is 9.57. The normalized spacial score (nSPS) is 12.4. The fraction of sp³-hybridized carbons (Fsp3) is 0.250. The number of aromatic nitrogens is 2. The highest BCUT2D eigenvalue weighted by Gasteiger charge is 2.15. The third-order valence-electron chi connectivity index (χ3n) is 2.62. The minimum Gasteiger partial charge on any atom is -0.397 e. The first kappa shape index (κ1) is 11.4. The number of H-pyrrole nitrogens is 1. The van der Waals surface area contributed by atoms with Gasteiger partial charge >= 0.3 is 0 Å². The van der Waals surface area contributed by atoms with Gasteiger partial charge in [-0.2, -0.15) is 0 Å². The van der Waals surface area contributed by atoms with Crippen LogP contribution in [0.3, 0.4) is 0 Å². The Morgan fingerprint density at radius 2 is 2.35 bits per heavy atom. The Morgan fingerprint density at radius 1 is 1.53 bits per heavy atom. The fourth-order valence-corrected chi connectivity index (χ4v) is 1.70. The van der Waals surface area contributed by atoms with Crippen molar-refractivity contribution in [1.29, 1.82) is 0 Å². The zero-order valence-corrected chi connectivity index (χ0v) is 9.57. The van der Waals surface area contributed by atoms with Gasteiger partial charge in [0.2, 0.25) is 0 Å². The molecular weight excluding hydrogens is 219 g/mol. The number of aromatic amines is 1. The van der Waals surface area contributed by atoms with Crippen LogP contribution >= 0.6 is 0 Å². The molecule has 1 aromatic heterocycles. The summed E-state index contributed by atoms with van der Waals surface area (Å²) in [6.45, 7) is 2.00. The van der Waals surface area contributed by atoms with Gasteiger partial charge in [-0.3, -0.25) is 0 Å². The van der Waals surface area contributed by atoms with Crippen molar-refractivity contribution in [2.45, 2.75) is 19.4 Å². The van der Waals surface area contributed by atoms with Crippen LogP contribution in [0.4, 0.5) is 15.8 Å². The molecule has 4 nitrogen and oxygen atoms in total. The first-order chi connectivity index (χ1) is 8.22. The van der Waals surface area contributed by atoms with Crippen LogP contribution in [0.5, 0.6) is 0 Å². The predicted octanol–water partition coefficient (Wildman–Crippen LogP) is 2.69. The van der Waals surface area contributed by atoms with E-state index >= 15 is 0 Å². The summed E-state index contributed by atoms with van der Waals surface area (Å²) in [6.07, 6.45) is 4.19. The van der Waals surface area contributed by atoms with E-state index in [1.807, 2.05) is 6.92 Å². The smallest absolute Gasteiger partial charge is 0.148 e. The van der Waals surface area contributed by atoms with E-state index in [-0.39, 0.29) is 11.9 Å². The minimum absolute atomic E-state index is 0.0794. The lowest BCUT2D eigenvalue weighted by atomic mass is 10.2. The molecule has 2 aromatic rings. The number of imidazole rings is 1. The van der Waals surface area contributed by atoms with Crippen molar-refractivity contribution in [2.24, 2.45) is 0 Å². The first-order valence-corrected chi connectivity index (χ1v) is 5.52. The first-order valence-electron chi connectivity index (χ1n) is 5.52. The number of rotatable bonds is 4. The molecule has 1 atom stereocenters. The van der Waals surface area contributed by atoms with Gasteiger partial charge in [0.25, 0.3) is 0 Å². The lowest BCUT2D eigenvalue weighted by molar-refractivity contribution is 0.621. The molecule has 0 aliphatic carbocycles. The van der Waals surface area contributed by atoms with Gasteiger partial charge in [-0.15, -0.1) is 0 Å². The molecule has 0 saturated carbocycles. The molecular formula is C12H15FN4. The molecule has 90 valence electrons. The Balaban J connectivity index is 2.25. The number of halogens is 1. The molecule has 0 aliphatic heterocycles. The molecule has 0 amide bonds. The van der Waals surface area contributed by atoms with E-state index < -0.39 is 0 Å². The molecule has 0 spiro atoms. The molecule has 5 heteroatoms. The van der Waals surface area contributed by atoms with E-state index in [0.29, 0.717) is 11.4 Å². The van der Waals surface area contributed by atoms with Gasteiger partial charge in [0.15, 0.2) is 0 Å². The second kappa shape index (κ2) is 4.86. The molecule has 0 bridgehead atoms. The Hall–Kier alpha value is -2.04. The maximum absolute atomic E-state index is 13.6. The van der Waals surface area contributed by atoms with Gasteiger partial charge in [-0.05, 0) is 18.6 Å². The quantitative estimate of drug-likeness (QED) is 0.712. The molecule has 1 unspecified atom stereocenters. The Kier molecular flexibility index (Phi) is 3.27. The lowest BCUT2D eigenvalue weighted by Crippen LogP contribution is -2.13. The number of nitrogens with one attached hydrogen (secondary N) is 2. The van der Waals surface area contributed by atoms with Gasteiger partial charge in [-0.1, -0.05) is 13.0 Å². The summed E-state index contributed by atoms with van der Waals surface area (Å²) in [5, 5.41) is 3.07. The molecule has 2 rings (SSSR count). The van der Waals surface area contributed by atoms with Crippen LogP contribution in [-0.2, 0) is 0 Å².